The second-order valence-electron chi connectivity index (χ2n) is 3.16. The molecule has 0 heterocycles. The summed E-state index contributed by atoms with van der Waals surface area (Å²) in [5.74, 6) is 0. The first-order chi connectivity index (χ1) is 6.02. The average molecular weight is 264 g/mol. The largest absolute Gasteiger partial charge is 0.208 e. The van der Waals surface area contributed by atoms with Gasteiger partial charge in [-0.15, -0.1) is 0 Å². The van der Waals surface area contributed by atoms with E-state index in [1.54, 1.807) is 0 Å². The molecule has 0 atom stereocenters. The summed E-state index contributed by atoms with van der Waals surface area (Å²) in [5, 5.41) is 0. The van der Waals surface area contributed by atoms with Crippen LogP contribution in [0.1, 0.15) is 39.5 Å². The molecule has 0 saturated heterocycles. The Kier molecular flexibility index (Phi) is 8.33. The number of alkyl halides is 3. The fourth-order valence-electron chi connectivity index (χ4n) is 1.06. The lowest BCUT2D eigenvalue weighted by Crippen LogP contribution is -2.06. The average Bonchev–Trinajstić information content (AvgIpc) is 2.02. The topological polar surface area (TPSA) is 0 Å². The van der Waals surface area contributed by atoms with Gasteiger partial charge < -0.3 is 0 Å². The van der Waals surface area contributed by atoms with Gasteiger partial charge in [0.1, 0.15) is 0 Å². The number of unbranched alkanes of at least 4 members (excludes halogenated alkanes) is 2. The Morgan fingerprint density at radius 3 is 1.54 bits per heavy atom. The Morgan fingerprint density at radius 1 is 0.923 bits per heavy atom. The monoisotopic (exact) mass is 262 g/mol. The minimum absolute atomic E-state index is 0.417. The Bertz CT molecular complexity index is 115. The summed E-state index contributed by atoms with van der Waals surface area (Å²) in [6.45, 7) is 4.34. The molecule has 0 aromatic carbocycles. The van der Waals surface area contributed by atoms with E-state index in [4.69, 9.17) is 34.8 Å². The molecule has 0 aliphatic rings. The fraction of sp³-hybridized carbons (Fsp3) is 1.00. The first-order valence-corrected chi connectivity index (χ1v) is 7.68. The van der Waals surface area contributed by atoms with Gasteiger partial charge in [-0.05, 0) is 25.2 Å². The molecule has 0 aliphatic heterocycles. The molecular formula is C9H18Cl3P. The van der Waals surface area contributed by atoms with E-state index in [2.05, 4.69) is 13.8 Å². The Labute approximate surface area is 98.1 Å². The number of hydrogen-bond acceptors (Lipinski definition) is 0. The molecular weight excluding hydrogens is 245 g/mol. The van der Waals surface area contributed by atoms with Gasteiger partial charge in [0.05, 0.1) is 0 Å². The highest BCUT2D eigenvalue weighted by atomic mass is 35.6. The molecule has 0 aromatic rings. The highest BCUT2D eigenvalue weighted by Crippen LogP contribution is 2.58. The van der Waals surface area contributed by atoms with E-state index in [1.165, 1.54) is 25.7 Å². The van der Waals surface area contributed by atoms with Crippen LogP contribution in [0.4, 0.5) is 0 Å². The molecule has 0 radical (unpaired) electrons. The Morgan fingerprint density at radius 2 is 1.31 bits per heavy atom. The van der Waals surface area contributed by atoms with Gasteiger partial charge in [0.25, 0.3) is 0 Å². The summed E-state index contributed by atoms with van der Waals surface area (Å²) in [6.07, 6.45) is 6.94. The number of halogens is 3. The maximum Gasteiger partial charge on any atom is 0.208 e. The van der Waals surface area contributed by atoms with Crippen LogP contribution >= 0.6 is 42.7 Å². The predicted molar refractivity (Wildman–Crippen MR) is 66.8 cm³/mol. The van der Waals surface area contributed by atoms with Crippen LogP contribution in [0.2, 0.25) is 0 Å². The van der Waals surface area contributed by atoms with Gasteiger partial charge in [-0.1, -0.05) is 69.4 Å². The third-order valence-corrected chi connectivity index (χ3v) is 6.50. The van der Waals surface area contributed by atoms with Crippen LogP contribution in [0.15, 0.2) is 0 Å². The van der Waals surface area contributed by atoms with Crippen LogP contribution in [0.3, 0.4) is 0 Å². The van der Waals surface area contributed by atoms with Crippen molar-refractivity contribution in [3.8, 4) is 0 Å². The van der Waals surface area contributed by atoms with Crippen LogP contribution in [0.5, 0.6) is 0 Å². The molecule has 13 heavy (non-hydrogen) atoms. The quantitative estimate of drug-likeness (QED) is 0.445. The first kappa shape index (κ1) is 14.3. The third-order valence-electron chi connectivity index (χ3n) is 1.92. The molecule has 0 N–H and O–H groups in total. The number of hydrogen-bond donors (Lipinski definition) is 0. The van der Waals surface area contributed by atoms with Crippen molar-refractivity contribution in [2.24, 2.45) is 0 Å². The van der Waals surface area contributed by atoms with Crippen molar-refractivity contribution in [2.75, 3.05) is 12.3 Å². The van der Waals surface area contributed by atoms with Gasteiger partial charge in [0.15, 0.2) is 0 Å². The summed E-state index contributed by atoms with van der Waals surface area (Å²) in [7, 11) is -0.417. The van der Waals surface area contributed by atoms with Gasteiger partial charge in [-0.25, -0.2) is 0 Å². The van der Waals surface area contributed by atoms with Crippen molar-refractivity contribution in [2.45, 2.75) is 43.1 Å². The highest BCUT2D eigenvalue weighted by molar-refractivity contribution is 7.65. The van der Waals surface area contributed by atoms with E-state index in [1.807, 2.05) is 0 Å². The molecule has 0 saturated carbocycles. The lowest BCUT2D eigenvalue weighted by Gasteiger charge is -2.24. The summed E-state index contributed by atoms with van der Waals surface area (Å²) in [6, 6.07) is 0. The SMILES string of the molecule is CCCCP(CCCC)C(Cl)(Cl)Cl. The van der Waals surface area contributed by atoms with Crippen molar-refractivity contribution in [1.29, 1.82) is 0 Å². The van der Waals surface area contributed by atoms with Crippen LogP contribution in [0, 0.1) is 0 Å². The van der Waals surface area contributed by atoms with Crippen molar-refractivity contribution in [3.63, 3.8) is 0 Å². The van der Waals surface area contributed by atoms with E-state index < -0.39 is 11.5 Å². The van der Waals surface area contributed by atoms with Gasteiger partial charge >= 0.3 is 0 Å². The van der Waals surface area contributed by atoms with Crippen molar-refractivity contribution in [1.82, 2.24) is 0 Å². The second kappa shape index (κ2) is 7.57. The van der Waals surface area contributed by atoms with Gasteiger partial charge in [0, 0.05) is 0 Å². The zero-order valence-corrected chi connectivity index (χ0v) is 11.5. The van der Waals surface area contributed by atoms with E-state index in [0.29, 0.717) is 0 Å². The molecule has 0 fully saturated rings. The summed E-state index contributed by atoms with van der Waals surface area (Å²) < 4.78 is -1.00. The minimum atomic E-state index is -1.00. The maximum atomic E-state index is 5.93. The molecule has 80 valence electrons. The standard InChI is InChI=1S/C9H18Cl3P/c1-3-5-7-13(8-6-4-2)9(10,11)12/h3-8H2,1-2H3. The minimum Gasteiger partial charge on any atom is -0.0788 e. The lowest BCUT2D eigenvalue weighted by atomic mass is 10.4. The predicted octanol–water partition coefficient (Wildman–Crippen LogP) is 5.40. The van der Waals surface area contributed by atoms with E-state index in [9.17, 15) is 0 Å². The van der Waals surface area contributed by atoms with E-state index in [-0.39, 0.29) is 0 Å². The summed E-state index contributed by atoms with van der Waals surface area (Å²) >= 11 is 17.8. The van der Waals surface area contributed by atoms with E-state index >= 15 is 0 Å². The normalized spacial score (nSPS) is 12.5. The summed E-state index contributed by atoms with van der Waals surface area (Å²) in [5.41, 5.74) is 0. The zero-order chi connectivity index (χ0) is 10.3. The highest BCUT2D eigenvalue weighted by Gasteiger charge is 2.30. The van der Waals surface area contributed by atoms with E-state index in [0.717, 1.165) is 12.3 Å². The maximum absolute atomic E-state index is 5.93. The molecule has 0 unspecified atom stereocenters. The lowest BCUT2D eigenvalue weighted by molar-refractivity contribution is 0.866. The molecule has 0 amide bonds. The molecule has 0 spiro atoms. The van der Waals surface area contributed by atoms with Gasteiger partial charge in [0.2, 0.25) is 3.53 Å². The molecule has 0 aromatic heterocycles. The molecule has 0 rings (SSSR count). The fourth-order valence-corrected chi connectivity index (χ4v) is 4.71. The van der Waals surface area contributed by atoms with Crippen LogP contribution in [-0.2, 0) is 0 Å². The zero-order valence-electron chi connectivity index (χ0n) is 8.32. The van der Waals surface area contributed by atoms with Crippen LogP contribution in [0.25, 0.3) is 0 Å². The molecule has 0 bridgehead atoms. The van der Waals surface area contributed by atoms with Crippen LogP contribution in [-0.4, -0.2) is 15.9 Å². The van der Waals surface area contributed by atoms with Crippen molar-refractivity contribution in [3.05, 3.63) is 0 Å². The van der Waals surface area contributed by atoms with Crippen LogP contribution < -0.4 is 0 Å². The Hall–Kier alpha value is 1.30. The summed E-state index contributed by atoms with van der Waals surface area (Å²) in [4.78, 5) is 0. The van der Waals surface area contributed by atoms with Crippen molar-refractivity contribution < 1.29 is 0 Å². The molecule has 0 nitrogen and oxygen atoms in total. The second-order valence-corrected chi connectivity index (χ2v) is 8.88. The van der Waals surface area contributed by atoms with Gasteiger partial charge in [-0.2, -0.15) is 0 Å². The Balaban J connectivity index is 3.88. The first-order valence-electron chi connectivity index (χ1n) is 4.84. The molecule has 0 aliphatic carbocycles. The van der Waals surface area contributed by atoms with Crippen molar-refractivity contribution >= 4 is 42.7 Å². The smallest absolute Gasteiger partial charge is 0.0788 e. The third kappa shape index (κ3) is 7.25. The van der Waals surface area contributed by atoms with Gasteiger partial charge in [-0.3, -0.25) is 0 Å². The molecule has 4 heteroatoms. The number of rotatable bonds is 6.